The zero-order valence-electron chi connectivity index (χ0n) is 15.9. The van der Waals surface area contributed by atoms with Gasteiger partial charge in [0.15, 0.2) is 0 Å². The Morgan fingerprint density at radius 3 is 2.81 bits per heavy atom. The van der Waals surface area contributed by atoms with Crippen molar-refractivity contribution in [2.75, 3.05) is 11.9 Å². The quantitative estimate of drug-likeness (QED) is 0.645. The molecule has 1 aromatic heterocycles. The summed E-state index contributed by atoms with van der Waals surface area (Å²) in [6.45, 7) is 6.07. The molecule has 0 saturated carbocycles. The highest BCUT2D eigenvalue weighted by Crippen LogP contribution is 2.38. The number of fused-ring (bicyclic) bond motifs is 2. The summed E-state index contributed by atoms with van der Waals surface area (Å²) in [5.74, 6) is 0.715. The van der Waals surface area contributed by atoms with E-state index in [-0.39, 0.29) is 11.9 Å². The average molecular weight is 365 g/mol. The van der Waals surface area contributed by atoms with E-state index in [2.05, 4.69) is 5.32 Å². The zero-order valence-corrected chi connectivity index (χ0v) is 15.9. The maximum Gasteiger partial charge on any atom is 0.342 e. The van der Waals surface area contributed by atoms with Crippen molar-refractivity contribution in [1.29, 1.82) is 0 Å². The Morgan fingerprint density at radius 2 is 2.04 bits per heavy atom. The molecule has 2 aromatic rings. The van der Waals surface area contributed by atoms with E-state index in [4.69, 9.17) is 9.15 Å². The third-order valence-electron chi connectivity index (χ3n) is 5.20. The first-order chi connectivity index (χ1) is 13.0. The third kappa shape index (κ3) is 2.97. The van der Waals surface area contributed by atoms with Crippen LogP contribution in [0.15, 0.2) is 16.5 Å². The standard InChI is InChI=1S/C22H23NO4/c1-4-26-22(25)20-14-7-5-6-8-17(14)27-18(20)11-15-19-13(3)9-12(2)10-16(19)23-21(15)24/h9-11H,4-8H2,1-3H3,(H,23,24). The maximum atomic E-state index is 12.6. The van der Waals surface area contributed by atoms with Crippen molar-refractivity contribution in [2.45, 2.75) is 46.5 Å². The van der Waals surface area contributed by atoms with Crippen LogP contribution < -0.4 is 5.32 Å². The molecule has 0 saturated heterocycles. The number of aryl methyl sites for hydroxylation is 3. The number of rotatable bonds is 3. The molecular weight excluding hydrogens is 342 g/mol. The highest BCUT2D eigenvalue weighted by Gasteiger charge is 2.31. The number of anilines is 1. The summed E-state index contributed by atoms with van der Waals surface area (Å²) in [5, 5.41) is 2.92. The van der Waals surface area contributed by atoms with Crippen molar-refractivity contribution in [1.82, 2.24) is 0 Å². The maximum absolute atomic E-state index is 12.6. The Bertz CT molecular complexity index is 981. The molecule has 0 radical (unpaired) electrons. The molecule has 4 rings (SSSR count). The van der Waals surface area contributed by atoms with Crippen LogP contribution in [0.25, 0.3) is 11.6 Å². The van der Waals surface area contributed by atoms with Gasteiger partial charge in [0.05, 0.1) is 12.2 Å². The Labute approximate surface area is 158 Å². The number of carbonyl (C=O) groups excluding carboxylic acids is 2. The fraction of sp³-hybridized carbons (Fsp3) is 0.364. The van der Waals surface area contributed by atoms with Crippen LogP contribution in [-0.2, 0) is 22.4 Å². The van der Waals surface area contributed by atoms with E-state index in [1.807, 2.05) is 26.0 Å². The van der Waals surface area contributed by atoms with E-state index in [1.54, 1.807) is 13.0 Å². The molecule has 27 heavy (non-hydrogen) atoms. The van der Waals surface area contributed by atoms with E-state index in [0.29, 0.717) is 23.5 Å². The molecule has 1 aliphatic heterocycles. The number of carbonyl (C=O) groups is 2. The minimum Gasteiger partial charge on any atom is -0.462 e. The van der Waals surface area contributed by atoms with Crippen LogP contribution in [-0.4, -0.2) is 18.5 Å². The molecule has 0 spiro atoms. The first-order valence-corrected chi connectivity index (χ1v) is 9.46. The lowest BCUT2D eigenvalue weighted by molar-refractivity contribution is -0.110. The van der Waals surface area contributed by atoms with Crippen LogP contribution in [0.4, 0.5) is 5.69 Å². The van der Waals surface area contributed by atoms with E-state index in [9.17, 15) is 9.59 Å². The number of ether oxygens (including phenoxy) is 1. The number of amides is 1. The Kier molecular flexibility index (Phi) is 4.38. The molecule has 140 valence electrons. The topological polar surface area (TPSA) is 68.5 Å². The van der Waals surface area contributed by atoms with Crippen LogP contribution in [0, 0.1) is 13.8 Å². The normalized spacial score (nSPS) is 16.9. The van der Waals surface area contributed by atoms with Gasteiger partial charge >= 0.3 is 5.97 Å². The summed E-state index contributed by atoms with van der Waals surface area (Å²) in [6.07, 6.45) is 5.38. The molecule has 1 aliphatic carbocycles. The van der Waals surface area contributed by atoms with Gasteiger partial charge in [0, 0.05) is 23.2 Å². The lowest BCUT2D eigenvalue weighted by atomic mass is 9.93. The smallest absolute Gasteiger partial charge is 0.342 e. The Morgan fingerprint density at radius 1 is 1.26 bits per heavy atom. The highest BCUT2D eigenvalue weighted by molar-refractivity contribution is 6.35. The second-order valence-electron chi connectivity index (χ2n) is 7.19. The van der Waals surface area contributed by atoms with Crippen molar-refractivity contribution in [3.05, 3.63) is 51.5 Å². The molecule has 2 aliphatic rings. The van der Waals surface area contributed by atoms with Crippen LogP contribution in [0.2, 0.25) is 0 Å². The van der Waals surface area contributed by atoms with Gasteiger partial charge in [-0.2, -0.15) is 0 Å². The van der Waals surface area contributed by atoms with Crippen LogP contribution in [0.5, 0.6) is 0 Å². The van der Waals surface area contributed by atoms with Gasteiger partial charge in [0.2, 0.25) is 0 Å². The van der Waals surface area contributed by atoms with Gasteiger partial charge in [-0.3, -0.25) is 4.79 Å². The Balaban J connectivity index is 1.87. The predicted molar refractivity (Wildman–Crippen MR) is 104 cm³/mol. The van der Waals surface area contributed by atoms with Crippen molar-refractivity contribution in [3.8, 4) is 0 Å². The summed E-state index contributed by atoms with van der Waals surface area (Å²) < 4.78 is 11.3. The molecule has 0 bridgehead atoms. The van der Waals surface area contributed by atoms with Crippen molar-refractivity contribution in [2.24, 2.45) is 0 Å². The first kappa shape index (κ1) is 17.6. The number of nitrogens with one attached hydrogen (secondary N) is 1. The van der Waals surface area contributed by atoms with E-state index >= 15 is 0 Å². The fourth-order valence-electron chi connectivity index (χ4n) is 4.11. The highest BCUT2D eigenvalue weighted by atomic mass is 16.5. The average Bonchev–Trinajstić information content (AvgIpc) is 3.12. The number of benzene rings is 1. The summed E-state index contributed by atoms with van der Waals surface area (Å²) in [4.78, 5) is 25.2. The van der Waals surface area contributed by atoms with Gasteiger partial charge in [-0.1, -0.05) is 6.07 Å². The van der Waals surface area contributed by atoms with Gasteiger partial charge in [0.25, 0.3) is 5.91 Å². The third-order valence-corrected chi connectivity index (χ3v) is 5.20. The summed E-state index contributed by atoms with van der Waals surface area (Å²) in [6, 6.07) is 4.01. The van der Waals surface area contributed by atoms with Gasteiger partial charge in [-0.25, -0.2) is 4.79 Å². The molecule has 2 heterocycles. The van der Waals surface area contributed by atoms with Gasteiger partial charge < -0.3 is 14.5 Å². The van der Waals surface area contributed by atoms with E-state index in [0.717, 1.165) is 59.4 Å². The second kappa shape index (κ2) is 6.72. The minimum absolute atomic E-state index is 0.178. The van der Waals surface area contributed by atoms with Crippen LogP contribution in [0.3, 0.4) is 0 Å². The number of hydrogen-bond donors (Lipinski definition) is 1. The van der Waals surface area contributed by atoms with Gasteiger partial charge in [0.1, 0.15) is 17.1 Å². The predicted octanol–water partition coefficient (Wildman–Crippen LogP) is 4.44. The molecule has 0 atom stereocenters. The van der Waals surface area contributed by atoms with E-state index < -0.39 is 0 Å². The fourth-order valence-corrected chi connectivity index (χ4v) is 4.11. The van der Waals surface area contributed by atoms with E-state index in [1.165, 1.54) is 0 Å². The first-order valence-electron chi connectivity index (χ1n) is 9.46. The number of furan rings is 1. The molecule has 0 unspecified atom stereocenters. The number of hydrogen-bond acceptors (Lipinski definition) is 4. The lowest BCUT2D eigenvalue weighted by Gasteiger charge is -2.10. The minimum atomic E-state index is -0.379. The lowest BCUT2D eigenvalue weighted by Crippen LogP contribution is -2.10. The van der Waals surface area contributed by atoms with Crippen molar-refractivity contribution < 1.29 is 18.7 Å². The summed E-state index contributed by atoms with van der Waals surface area (Å²) >= 11 is 0. The Hall–Kier alpha value is -2.82. The molecule has 1 N–H and O–H groups in total. The van der Waals surface area contributed by atoms with Crippen LogP contribution in [0.1, 0.15) is 63.9 Å². The second-order valence-corrected chi connectivity index (χ2v) is 7.19. The van der Waals surface area contributed by atoms with Crippen molar-refractivity contribution in [3.63, 3.8) is 0 Å². The molecule has 0 fully saturated rings. The monoisotopic (exact) mass is 365 g/mol. The SMILES string of the molecule is CCOC(=O)c1c(C=C2C(=O)Nc3cc(C)cc(C)c32)oc2c1CCCC2. The van der Waals surface area contributed by atoms with Gasteiger partial charge in [-0.05, 0) is 63.3 Å². The molecule has 5 nitrogen and oxygen atoms in total. The molecule has 1 amide bonds. The van der Waals surface area contributed by atoms with Gasteiger partial charge in [-0.15, -0.1) is 0 Å². The molecule has 5 heteroatoms. The zero-order chi connectivity index (χ0) is 19.1. The van der Waals surface area contributed by atoms with Crippen molar-refractivity contribution >= 4 is 29.2 Å². The molecular formula is C22H23NO4. The summed E-state index contributed by atoms with van der Waals surface area (Å²) in [7, 11) is 0. The summed E-state index contributed by atoms with van der Waals surface area (Å²) in [5.41, 5.74) is 5.72. The number of esters is 1. The molecule has 1 aromatic carbocycles. The van der Waals surface area contributed by atoms with Crippen LogP contribution >= 0.6 is 0 Å². The largest absolute Gasteiger partial charge is 0.462 e.